The van der Waals surface area contributed by atoms with Crippen molar-refractivity contribution in [2.75, 3.05) is 26.7 Å². The molecule has 5 heteroatoms. The maximum absolute atomic E-state index is 12.5. The summed E-state index contributed by atoms with van der Waals surface area (Å²) in [5, 5.41) is 3.17. The topological polar surface area (TPSA) is 54.5 Å². The zero-order valence-corrected chi connectivity index (χ0v) is 14.2. The summed E-state index contributed by atoms with van der Waals surface area (Å²) >= 11 is 0. The second-order valence-electron chi connectivity index (χ2n) is 7.08. The molecule has 2 rings (SSSR count). The van der Waals surface area contributed by atoms with Crippen LogP contribution in [0.25, 0.3) is 0 Å². The lowest BCUT2D eigenvalue weighted by Crippen LogP contribution is -2.48. The number of amides is 1. The highest BCUT2D eigenvalue weighted by Gasteiger charge is 2.34. The van der Waals surface area contributed by atoms with Crippen LogP contribution in [0.4, 0.5) is 0 Å². The standard InChI is InChI=1S/C17H27N3O2/c1-12-7-6-8-18-15(12)22-11-17(3,4)16(21)19-14-10-20(5)9-13(14)2/h6-8,13-14H,9-11H2,1-5H3,(H,19,21)/t13-,14-/m1/s1. The molecule has 1 fully saturated rings. The van der Waals surface area contributed by atoms with Gasteiger partial charge in [0.05, 0.1) is 5.41 Å². The van der Waals surface area contributed by atoms with E-state index in [9.17, 15) is 4.79 Å². The molecule has 0 aliphatic carbocycles. The van der Waals surface area contributed by atoms with Crippen LogP contribution < -0.4 is 10.1 Å². The van der Waals surface area contributed by atoms with E-state index in [4.69, 9.17) is 4.74 Å². The molecule has 0 saturated carbocycles. The fraction of sp³-hybridized carbons (Fsp3) is 0.647. The normalized spacial score (nSPS) is 22.6. The second-order valence-corrected chi connectivity index (χ2v) is 7.08. The van der Waals surface area contributed by atoms with Gasteiger partial charge in [-0.15, -0.1) is 0 Å². The Morgan fingerprint density at radius 3 is 2.82 bits per heavy atom. The lowest BCUT2D eigenvalue weighted by molar-refractivity contribution is -0.131. The van der Waals surface area contributed by atoms with Crippen molar-refractivity contribution in [3.8, 4) is 5.88 Å². The molecule has 0 bridgehead atoms. The monoisotopic (exact) mass is 305 g/mol. The Morgan fingerprint density at radius 2 is 2.23 bits per heavy atom. The van der Waals surface area contributed by atoms with Crippen molar-refractivity contribution in [1.29, 1.82) is 0 Å². The molecule has 0 radical (unpaired) electrons. The zero-order valence-electron chi connectivity index (χ0n) is 14.2. The number of carbonyl (C=O) groups excluding carboxylic acids is 1. The van der Waals surface area contributed by atoms with Crippen LogP contribution in [0.2, 0.25) is 0 Å². The van der Waals surface area contributed by atoms with Crippen LogP contribution in [0.1, 0.15) is 26.3 Å². The van der Waals surface area contributed by atoms with Crippen molar-refractivity contribution < 1.29 is 9.53 Å². The molecule has 1 aliphatic rings. The number of aryl methyl sites for hydroxylation is 1. The second kappa shape index (κ2) is 6.65. The first kappa shape index (κ1) is 16.7. The van der Waals surface area contributed by atoms with E-state index in [-0.39, 0.29) is 11.9 Å². The lowest BCUT2D eigenvalue weighted by Gasteiger charge is -2.27. The minimum Gasteiger partial charge on any atom is -0.476 e. The van der Waals surface area contributed by atoms with Gasteiger partial charge in [0.15, 0.2) is 0 Å². The molecule has 1 aromatic heterocycles. The van der Waals surface area contributed by atoms with Crippen molar-refractivity contribution in [2.45, 2.75) is 33.7 Å². The summed E-state index contributed by atoms with van der Waals surface area (Å²) in [6.07, 6.45) is 1.70. The number of likely N-dealkylation sites (N-methyl/N-ethyl adjacent to an activating group) is 1. The van der Waals surface area contributed by atoms with Gasteiger partial charge >= 0.3 is 0 Å². The molecule has 2 heterocycles. The molecule has 5 nitrogen and oxygen atoms in total. The van der Waals surface area contributed by atoms with Crippen molar-refractivity contribution in [1.82, 2.24) is 15.2 Å². The molecule has 1 saturated heterocycles. The Hall–Kier alpha value is -1.62. The van der Waals surface area contributed by atoms with E-state index >= 15 is 0 Å². The number of nitrogens with zero attached hydrogens (tertiary/aromatic N) is 2. The molecule has 0 unspecified atom stereocenters. The number of hydrogen-bond donors (Lipinski definition) is 1. The smallest absolute Gasteiger partial charge is 0.229 e. The summed E-state index contributed by atoms with van der Waals surface area (Å²) in [6, 6.07) is 4.04. The Balaban J connectivity index is 1.92. The summed E-state index contributed by atoms with van der Waals surface area (Å²) in [7, 11) is 2.08. The minimum absolute atomic E-state index is 0.0354. The predicted octanol–water partition coefficient (Wildman–Crippen LogP) is 1.86. The van der Waals surface area contributed by atoms with Crippen LogP contribution in [-0.2, 0) is 4.79 Å². The number of ether oxygens (including phenoxy) is 1. The average Bonchev–Trinajstić information content (AvgIpc) is 2.76. The van der Waals surface area contributed by atoms with E-state index in [0.29, 0.717) is 18.4 Å². The number of carbonyl (C=O) groups is 1. The molecule has 1 N–H and O–H groups in total. The number of nitrogens with one attached hydrogen (secondary N) is 1. The van der Waals surface area contributed by atoms with E-state index < -0.39 is 5.41 Å². The van der Waals surface area contributed by atoms with Gasteiger partial charge < -0.3 is 15.0 Å². The number of hydrogen-bond acceptors (Lipinski definition) is 4. The van der Waals surface area contributed by atoms with E-state index in [0.717, 1.165) is 18.7 Å². The predicted molar refractivity (Wildman–Crippen MR) is 86.8 cm³/mol. The van der Waals surface area contributed by atoms with Crippen LogP contribution in [0.15, 0.2) is 18.3 Å². The SMILES string of the molecule is Cc1cccnc1OCC(C)(C)C(=O)N[C@@H]1CN(C)C[C@H]1C. The van der Waals surface area contributed by atoms with E-state index in [1.165, 1.54) is 0 Å². The van der Waals surface area contributed by atoms with Crippen LogP contribution in [-0.4, -0.2) is 48.6 Å². The number of aromatic nitrogens is 1. The molecule has 1 aromatic rings. The van der Waals surface area contributed by atoms with Gasteiger partial charge in [-0.1, -0.05) is 13.0 Å². The fourth-order valence-electron chi connectivity index (χ4n) is 2.70. The van der Waals surface area contributed by atoms with Gasteiger partial charge in [0.25, 0.3) is 0 Å². The van der Waals surface area contributed by atoms with Crippen LogP contribution >= 0.6 is 0 Å². The molecule has 22 heavy (non-hydrogen) atoms. The lowest BCUT2D eigenvalue weighted by atomic mass is 9.92. The van der Waals surface area contributed by atoms with Crippen molar-refractivity contribution in [3.63, 3.8) is 0 Å². The van der Waals surface area contributed by atoms with Crippen molar-refractivity contribution in [2.24, 2.45) is 11.3 Å². The first-order valence-corrected chi connectivity index (χ1v) is 7.83. The average molecular weight is 305 g/mol. The minimum atomic E-state index is -0.592. The van der Waals surface area contributed by atoms with Crippen LogP contribution in [0.3, 0.4) is 0 Å². The third-order valence-corrected chi connectivity index (χ3v) is 4.26. The molecule has 0 aromatic carbocycles. The number of rotatable bonds is 5. The van der Waals surface area contributed by atoms with E-state index in [1.54, 1.807) is 6.20 Å². The fourth-order valence-corrected chi connectivity index (χ4v) is 2.70. The van der Waals surface area contributed by atoms with Crippen molar-refractivity contribution in [3.05, 3.63) is 23.9 Å². The van der Waals surface area contributed by atoms with Gasteiger partial charge in [-0.05, 0) is 39.8 Å². The quantitative estimate of drug-likeness (QED) is 0.902. The third kappa shape index (κ3) is 3.97. The molecular formula is C17H27N3O2. The highest BCUT2D eigenvalue weighted by Crippen LogP contribution is 2.22. The molecule has 1 aliphatic heterocycles. The summed E-state index contributed by atoms with van der Waals surface area (Å²) in [4.78, 5) is 19.0. The molecule has 122 valence electrons. The van der Waals surface area contributed by atoms with E-state index in [1.807, 2.05) is 32.9 Å². The van der Waals surface area contributed by atoms with E-state index in [2.05, 4.69) is 29.2 Å². The molecule has 2 atom stereocenters. The molecule has 1 amide bonds. The Morgan fingerprint density at radius 1 is 1.50 bits per heavy atom. The zero-order chi connectivity index (χ0) is 16.3. The van der Waals surface area contributed by atoms with Crippen LogP contribution in [0.5, 0.6) is 5.88 Å². The number of pyridine rings is 1. The Kier molecular flexibility index (Phi) is 5.06. The highest BCUT2D eigenvalue weighted by molar-refractivity contribution is 5.82. The van der Waals surface area contributed by atoms with Crippen molar-refractivity contribution >= 4 is 5.91 Å². The maximum Gasteiger partial charge on any atom is 0.229 e. The maximum atomic E-state index is 12.5. The van der Waals surface area contributed by atoms with Gasteiger partial charge in [0.1, 0.15) is 6.61 Å². The summed E-state index contributed by atoms with van der Waals surface area (Å²) in [5.74, 6) is 1.11. The third-order valence-electron chi connectivity index (χ3n) is 4.26. The first-order chi connectivity index (χ1) is 10.3. The molecule has 0 spiro atoms. The van der Waals surface area contributed by atoms with Gasteiger partial charge in [-0.3, -0.25) is 4.79 Å². The van der Waals surface area contributed by atoms with Gasteiger partial charge in [-0.25, -0.2) is 4.98 Å². The Labute approximate surface area is 133 Å². The highest BCUT2D eigenvalue weighted by atomic mass is 16.5. The largest absolute Gasteiger partial charge is 0.476 e. The number of likely N-dealkylation sites (tertiary alicyclic amines) is 1. The molecular weight excluding hydrogens is 278 g/mol. The first-order valence-electron chi connectivity index (χ1n) is 7.83. The van der Waals surface area contributed by atoms with Gasteiger partial charge in [0, 0.05) is 30.9 Å². The summed E-state index contributed by atoms with van der Waals surface area (Å²) in [5.41, 5.74) is 0.384. The van der Waals surface area contributed by atoms with Gasteiger partial charge in [-0.2, -0.15) is 0 Å². The Bertz CT molecular complexity index is 530. The summed E-state index contributed by atoms with van der Waals surface area (Å²) in [6.45, 7) is 10.2. The van der Waals surface area contributed by atoms with Crippen LogP contribution in [0, 0.1) is 18.3 Å². The van der Waals surface area contributed by atoms with Gasteiger partial charge in [0.2, 0.25) is 11.8 Å². The summed E-state index contributed by atoms with van der Waals surface area (Å²) < 4.78 is 5.75.